The number of rotatable bonds is 7. The first kappa shape index (κ1) is 17.7. The van der Waals surface area contributed by atoms with Crippen molar-refractivity contribution in [1.82, 2.24) is 9.88 Å². The van der Waals surface area contributed by atoms with Crippen molar-refractivity contribution in [3.63, 3.8) is 0 Å². The van der Waals surface area contributed by atoms with E-state index >= 15 is 0 Å². The molecule has 0 aliphatic carbocycles. The number of fused-ring (bicyclic) bond motifs is 1. The number of furan rings is 1. The summed E-state index contributed by atoms with van der Waals surface area (Å²) >= 11 is 0. The Morgan fingerprint density at radius 2 is 1.92 bits per heavy atom. The minimum absolute atomic E-state index is 0.125. The largest absolute Gasteiger partial charge is 0.493 e. The Hall–Kier alpha value is -3.09. The van der Waals surface area contributed by atoms with E-state index in [1.165, 1.54) is 0 Å². The molecule has 2 aromatic heterocycles. The van der Waals surface area contributed by atoms with Gasteiger partial charge in [0.1, 0.15) is 11.5 Å². The molecule has 138 valence electrons. The van der Waals surface area contributed by atoms with Crippen molar-refractivity contribution in [1.29, 1.82) is 0 Å². The zero-order chi connectivity index (χ0) is 18.7. The highest BCUT2D eigenvalue weighted by molar-refractivity contribution is 6.00. The summed E-state index contributed by atoms with van der Waals surface area (Å²) in [6, 6.07) is 7.25. The first-order valence-electron chi connectivity index (χ1n) is 8.26. The van der Waals surface area contributed by atoms with Crippen LogP contribution in [-0.4, -0.2) is 43.7 Å². The Labute approximate surface area is 151 Å². The van der Waals surface area contributed by atoms with Gasteiger partial charge in [0, 0.05) is 11.9 Å². The molecule has 7 nitrogen and oxygen atoms in total. The minimum atomic E-state index is -0.125. The lowest BCUT2D eigenvalue weighted by Gasteiger charge is -2.18. The molecular formula is C19H22N2O5. The minimum Gasteiger partial charge on any atom is -0.493 e. The van der Waals surface area contributed by atoms with Crippen LogP contribution in [0.3, 0.4) is 0 Å². The lowest BCUT2D eigenvalue weighted by atomic mass is 10.2. The third-order valence-electron chi connectivity index (χ3n) is 4.25. The fraction of sp³-hybridized carbons (Fsp3) is 0.316. The topological polar surface area (TPSA) is 76.9 Å². The molecule has 2 heterocycles. The normalized spacial score (nSPS) is 10.8. The molecule has 3 aromatic rings. The van der Waals surface area contributed by atoms with Crippen molar-refractivity contribution >= 4 is 16.8 Å². The Balaban J connectivity index is 2.01. The van der Waals surface area contributed by atoms with Crippen LogP contribution in [0.25, 0.3) is 10.9 Å². The molecule has 1 aromatic carbocycles. The van der Waals surface area contributed by atoms with Gasteiger partial charge < -0.3 is 28.5 Å². The molecule has 0 saturated heterocycles. The molecule has 0 spiro atoms. The molecule has 0 saturated carbocycles. The number of nitrogens with zero attached hydrogens (tertiary/aromatic N) is 1. The lowest BCUT2D eigenvalue weighted by molar-refractivity contribution is 0.0736. The number of carbonyl (C=O) groups excluding carboxylic acids is 1. The van der Waals surface area contributed by atoms with Gasteiger partial charge in [0.25, 0.3) is 5.91 Å². The first-order valence-corrected chi connectivity index (χ1v) is 8.26. The van der Waals surface area contributed by atoms with Gasteiger partial charge in [-0.05, 0) is 31.2 Å². The molecule has 0 bridgehead atoms. The Morgan fingerprint density at radius 3 is 2.50 bits per heavy atom. The van der Waals surface area contributed by atoms with Crippen LogP contribution in [0, 0.1) is 0 Å². The summed E-state index contributed by atoms with van der Waals surface area (Å²) < 4.78 is 21.6. The van der Waals surface area contributed by atoms with Gasteiger partial charge in [-0.3, -0.25) is 4.79 Å². The summed E-state index contributed by atoms with van der Waals surface area (Å²) in [6.45, 7) is 2.89. The molecule has 0 radical (unpaired) electrons. The van der Waals surface area contributed by atoms with E-state index in [1.807, 2.05) is 19.1 Å². The van der Waals surface area contributed by atoms with Gasteiger partial charge in [-0.1, -0.05) is 0 Å². The van der Waals surface area contributed by atoms with E-state index in [0.29, 0.717) is 41.5 Å². The smallest absolute Gasteiger partial charge is 0.270 e. The number of ether oxygens (including phenoxy) is 3. The van der Waals surface area contributed by atoms with Crippen LogP contribution >= 0.6 is 0 Å². The molecule has 7 heteroatoms. The Bertz CT molecular complexity index is 898. The summed E-state index contributed by atoms with van der Waals surface area (Å²) in [5.41, 5.74) is 1.14. The fourth-order valence-corrected chi connectivity index (χ4v) is 2.95. The summed E-state index contributed by atoms with van der Waals surface area (Å²) in [5, 5.41) is 0.803. The molecule has 0 aliphatic rings. The number of aromatic nitrogens is 1. The van der Waals surface area contributed by atoms with Gasteiger partial charge in [0.2, 0.25) is 5.75 Å². The third kappa shape index (κ3) is 3.08. The van der Waals surface area contributed by atoms with Crippen molar-refractivity contribution in [2.75, 3.05) is 27.9 Å². The molecular weight excluding hydrogens is 336 g/mol. The summed E-state index contributed by atoms with van der Waals surface area (Å²) in [4.78, 5) is 17.8. The first-order chi connectivity index (χ1) is 12.6. The quantitative estimate of drug-likeness (QED) is 0.700. The van der Waals surface area contributed by atoms with Crippen LogP contribution in [-0.2, 0) is 6.54 Å². The van der Waals surface area contributed by atoms with E-state index in [9.17, 15) is 4.79 Å². The van der Waals surface area contributed by atoms with Gasteiger partial charge in [-0.25, -0.2) is 0 Å². The molecule has 26 heavy (non-hydrogen) atoms. The summed E-state index contributed by atoms with van der Waals surface area (Å²) in [7, 11) is 4.65. The van der Waals surface area contributed by atoms with Gasteiger partial charge in [0.15, 0.2) is 11.5 Å². The highest BCUT2D eigenvalue weighted by Crippen LogP contribution is 2.43. The molecule has 0 aliphatic heterocycles. The lowest BCUT2D eigenvalue weighted by Crippen LogP contribution is -2.30. The SMILES string of the molecule is CCN(Cc1ccco1)C(=O)c1cc2cc(OC)c(OC)c(OC)c2[nH]1. The number of aromatic amines is 1. The number of benzene rings is 1. The molecule has 0 atom stereocenters. The number of hydrogen-bond donors (Lipinski definition) is 1. The van der Waals surface area contributed by atoms with Crippen LogP contribution in [0.5, 0.6) is 17.2 Å². The summed E-state index contributed by atoms with van der Waals surface area (Å²) in [5.74, 6) is 2.12. The van der Waals surface area contributed by atoms with Crippen LogP contribution in [0.15, 0.2) is 34.9 Å². The van der Waals surface area contributed by atoms with Crippen molar-refractivity contribution in [3.8, 4) is 17.2 Å². The van der Waals surface area contributed by atoms with Crippen molar-refractivity contribution < 1.29 is 23.4 Å². The molecule has 1 amide bonds. The second kappa shape index (κ2) is 7.43. The molecule has 0 fully saturated rings. The van der Waals surface area contributed by atoms with Gasteiger partial charge in [0.05, 0.1) is 39.7 Å². The second-order valence-electron chi connectivity index (χ2n) is 5.69. The number of carbonyl (C=O) groups is 1. The Kier molecular flexibility index (Phi) is 5.06. The number of amides is 1. The average Bonchev–Trinajstić information content (AvgIpc) is 3.32. The van der Waals surface area contributed by atoms with E-state index in [1.54, 1.807) is 44.6 Å². The van der Waals surface area contributed by atoms with Crippen LogP contribution in [0.2, 0.25) is 0 Å². The van der Waals surface area contributed by atoms with Gasteiger partial charge in [-0.15, -0.1) is 0 Å². The Morgan fingerprint density at radius 1 is 1.15 bits per heavy atom. The average molecular weight is 358 g/mol. The second-order valence-corrected chi connectivity index (χ2v) is 5.69. The van der Waals surface area contributed by atoms with Gasteiger partial charge in [-0.2, -0.15) is 0 Å². The van der Waals surface area contributed by atoms with Crippen LogP contribution in [0.4, 0.5) is 0 Å². The van der Waals surface area contributed by atoms with Gasteiger partial charge >= 0.3 is 0 Å². The molecule has 3 rings (SSSR count). The number of methoxy groups -OCH3 is 3. The summed E-state index contributed by atoms with van der Waals surface area (Å²) in [6.07, 6.45) is 1.60. The highest BCUT2D eigenvalue weighted by Gasteiger charge is 2.22. The maximum Gasteiger partial charge on any atom is 0.270 e. The predicted molar refractivity (Wildman–Crippen MR) is 97.1 cm³/mol. The number of hydrogen-bond acceptors (Lipinski definition) is 5. The standard InChI is InChI=1S/C19H22N2O5/c1-5-21(11-13-7-6-8-26-13)19(22)14-9-12-10-15(23-2)17(24-3)18(25-4)16(12)20-14/h6-10,20H,5,11H2,1-4H3. The third-order valence-corrected chi connectivity index (χ3v) is 4.25. The van der Waals surface area contributed by atoms with Crippen molar-refractivity contribution in [3.05, 3.63) is 42.0 Å². The van der Waals surface area contributed by atoms with E-state index in [2.05, 4.69) is 4.98 Å². The zero-order valence-electron chi connectivity index (χ0n) is 15.3. The van der Waals surface area contributed by atoms with E-state index in [-0.39, 0.29) is 5.91 Å². The van der Waals surface area contributed by atoms with Crippen molar-refractivity contribution in [2.45, 2.75) is 13.5 Å². The maximum absolute atomic E-state index is 12.9. The highest BCUT2D eigenvalue weighted by atomic mass is 16.5. The fourth-order valence-electron chi connectivity index (χ4n) is 2.95. The van der Waals surface area contributed by atoms with E-state index in [0.717, 1.165) is 11.1 Å². The van der Waals surface area contributed by atoms with E-state index < -0.39 is 0 Å². The number of H-pyrrole nitrogens is 1. The van der Waals surface area contributed by atoms with Crippen molar-refractivity contribution in [2.24, 2.45) is 0 Å². The monoisotopic (exact) mass is 358 g/mol. The number of nitrogens with one attached hydrogen (secondary N) is 1. The molecule has 1 N–H and O–H groups in total. The zero-order valence-corrected chi connectivity index (χ0v) is 15.3. The van der Waals surface area contributed by atoms with Crippen LogP contribution < -0.4 is 14.2 Å². The maximum atomic E-state index is 12.9. The predicted octanol–water partition coefficient (Wildman–Crippen LogP) is 3.45. The molecule has 0 unspecified atom stereocenters. The van der Waals surface area contributed by atoms with Crippen LogP contribution in [0.1, 0.15) is 23.2 Å². The van der Waals surface area contributed by atoms with E-state index in [4.69, 9.17) is 18.6 Å².